The van der Waals surface area contributed by atoms with E-state index in [-0.39, 0.29) is 20.4 Å². The summed E-state index contributed by atoms with van der Waals surface area (Å²) in [6.45, 7) is 0. The van der Waals surface area contributed by atoms with Gasteiger partial charge >= 0.3 is 0 Å². The van der Waals surface area contributed by atoms with Crippen molar-refractivity contribution in [3.8, 4) is 0 Å². The van der Waals surface area contributed by atoms with Gasteiger partial charge in [-0.05, 0) is 49.6 Å². The summed E-state index contributed by atoms with van der Waals surface area (Å²) in [5.41, 5.74) is 0. The Bertz CT molecular complexity index is 983. The number of alkyl halides is 2. The summed E-state index contributed by atoms with van der Waals surface area (Å²) in [6.07, 6.45) is 1.66. The fourth-order valence-electron chi connectivity index (χ4n) is 3.66. The van der Waals surface area contributed by atoms with E-state index in [1.807, 2.05) is 12.1 Å². The van der Waals surface area contributed by atoms with Crippen LogP contribution in [-0.2, 0) is 20.4 Å². The van der Waals surface area contributed by atoms with E-state index in [0.29, 0.717) is 0 Å². The van der Waals surface area contributed by atoms with Crippen LogP contribution in [0.25, 0.3) is 0 Å². The van der Waals surface area contributed by atoms with Crippen molar-refractivity contribution in [1.82, 2.24) is 0 Å². The Labute approximate surface area is 217 Å². The average molecular weight is 588 g/mol. The van der Waals surface area contributed by atoms with Gasteiger partial charge in [0.2, 0.25) is 0 Å². The third kappa shape index (κ3) is 6.52. The standard InChI is InChI=1S/C27H24Cl2P2.Pd/c28-27(29,31(25-17-9-3-10-18-25)26-19-11-4-12-20-26)21-22-30(23-13-5-1-6-14-23)24-15-7-2-8-16-24;/h1-20H,21-22H2;. The van der Waals surface area contributed by atoms with E-state index in [1.165, 1.54) is 21.2 Å². The molecule has 0 aliphatic rings. The van der Waals surface area contributed by atoms with Crippen molar-refractivity contribution < 1.29 is 20.4 Å². The number of hydrogen-bond donors (Lipinski definition) is 0. The first-order valence-corrected chi connectivity index (χ1v) is 13.9. The first kappa shape index (κ1) is 25.6. The van der Waals surface area contributed by atoms with Crippen LogP contribution in [0.5, 0.6) is 0 Å². The predicted molar refractivity (Wildman–Crippen MR) is 142 cm³/mol. The SMILES string of the molecule is ClC(Cl)(CCP(c1ccccc1)c1ccccc1)P(c1ccccc1)c1ccccc1.[Pd]. The molecule has 0 fully saturated rings. The summed E-state index contributed by atoms with van der Waals surface area (Å²) < 4.78 is -0.859. The van der Waals surface area contributed by atoms with Gasteiger partial charge in [0, 0.05) is 20.4 Å². The van der Waals surface area contributed by atoms with E-state index in [0.717, 1.165) is 12.6 Å². The van der Waals surface area contributed by atoms with Crippen LogP contribution in [0, 0.1) is 0 Å². The second-order valence-corrected chi connectivity index (χ2v) is 14.1. The molecule has 0 nitrogen and oxygen atoms in total. The zero-order valence-corrected chi connectivity index (χ0v) is 22.3. The molecule has 0 radical (unpaired) electrons. The van der Waals surface area contributed by atoms with E-state index in [2.05, 4.69) is 109 Å². The summed E-state index contributed by atoms with van der Waals surface area (Å²) in [5.74, 6) is 0. The smallest absolute Gasteiger partial charge is 0.0958 e. The van der Waals surface area contributed by atoms with Crippen LogP contribution in [-0.4, -0.2) is 10.2 Å². The molecule has 0 heterocycles. The number of rotatable bonds is 8. The van der Waals surface area contributed by atoms with Gasteiger partial charge in [-0.15, -0.1) is 0 Å². The van der Waals surface area contributed by atoms with Crippen molar-refractivity contribution in [3.63, 3.8) is 0 Å². The summed E-state index contributed by atoms with van der Waals surface area (Å²) in [5, 5.41) is 5.13. The average Bonchev–Trinajstić information content (AvgIpc) is 2.82. The molecule has 0 saturated carbocycles. The minimum atomic E-state index is -0.921. The number of halogens is 2. The van der Waals surface area contributed by atoms with Crippen molar-refractivity contribution in [2.24, 2.45) is 0 Å². The fourth-order valence-corrected chi connectivity index (χ4v) is 10.2. The predicted octanol–water partition coefficient (Wildman–Crippen LogP) is 6.77. The third-order valence-electron chi connectivity index (χ3n) is 5.13. The van der Waals surface area contributed by atoms with Crippen LogP contribution >= 0.6 is 39.0 Å². The molecule has 5 heteroatoms. The maximum atomic E-state index is 7.19. The van der Waals surface area contributed by atoms with Crippen LogP contribution in [0.4, 0.5) is 0 Å². The Kier molecular flexibility index (Phi) is 9.96. The van der Waals surface area contributed by atoms with Gasteiger partial charge in [0.05, 0.1) is 0 Å². The van der Waals surface area contributed by atoms with Crippen molar-refractivity contribution in [3.05, 3.63) is 121 Å². The Morgan fingerprint density at radius 1 is 0.500 bits per heavy atom. The Morgan fingerprint density at radius 3 is 1.16 bits per heavy atom. The minimum absolute atomic E-state index is 0. The Morgan fingerprint density at radius 2 is 0.812 bits per heavy atom. The molecule has 0 bridgehead atoms. The molecule has 0 saturated heterocycles. The Hall–Kier alpha value is -1.02. The first-order chi connectivity index (χ1) is 15.1. The van der Waals surface area contributed by atoms with Gasteiger partial charge in [-0.25, -0.2) is 0 Å². The maximum Gasteiger partial charge on any atom is 0.145 e. The van der Waals surface area contributed by atoms with Gasteiger partial charge < -0.3 is 0 Å². The van der Waals surface area contributed by atoms with Crippen molar-refractivity contribution in [1.29, 1.82) is 0 Å². The summed E-state index contributed by atoms with van der Waals surface area (Å²) >= 11 is 14.4. The first-order valence-electron chi connectivity index (χ1n) is 10.3. The van der Waals surface area contributed by atoms with E-state index in [4.69, 9.17) is 23.2 Å². The molecular weight excluding hydrogens is 564 g/mol. The van der Waals surface area contributed by atoms with E-state index >= 15 is 0 Å². The van der Waals surface area contributed by atoms with E-state index < -0.39 is 19.9 Å². The zero-order valence-electron chi connectivity index (χ0n) is 17.4. The summed E-state index contributed by atoms with van der Waals surface area (Å²) in [4.78, 5) is 0. The third-order valence-corrected chi connectivity index (χ3v) is 11.5. The molecule has 0 N–H and O–H groups in total. The van der Waals surface area contributed by atoms with Crippen molar-refractivity contribution >= 4 is 60.3 Å². The topological polar surface area (TPSA) is 0 Å². The van der Waals surface area contributed by atoms with E-state index in [9.17, 15) is 0 Å². The van der Waals surface area contributed by atoms with Gasteiger partial charge in [-0.1, -0.05) is 145 Å². The molecule has 4 aromatic carbocycles. The molecule has 0 spiro atoms. The molecule has 0 aliphatic carbocycles. The van der Waals surface area contributed by atoms with E-state index in [1.54, 1.807) is 0 Å². The molecule has 166 valence electrons. The summed E-state index contributed by atoms with van der Waals surface area (Å²) in [7, 11) is -1.46. The van der Waals surface area contributed by atoms with Gasteiger partial charge in [0.1, 0.15) is 4.07 Å². The largest absolute Gasteiger partial charge is 0.145 e. The maximum absolute atomic E-state index is 7.19. The molecule has 4 aromatic rings. The summed E-state index contributed by atoms with van der Waals surface area (Å²) in [6, 6.07) is 42.4. The number of benzene rings is 4. The van der Waals surface area contributed by atoms with Crippen LogP contribution in [0.15, 0.2) is 121 Å². The quantitative estimate of drug-likeness (QED) is 0.121. The van der Waals surface area contributed by atoms with Crippen LogP contribution < -0.4 is 21.2 Å². The molecule has 0 aliphatic heterocycles. The second-order valence-electron chi connectivity index (χ2n) is 7.25. The van der Waals surface area contributed by atoms with Crippen molar-refractivity contribution in [2.75, 3.05) is 6.16 Å². The second kappa shape index (κ2) is 12.4. The van der Waals surface area contributed by atoms with Crippen molar-refractivity contribution in [2.45, 2.75) is 10.5 Å². The number of hydrogen-bond acceptors (Lipinski definition) is 0. The molecule has 32 heavy (non-hydrogen) atoms. The molecule has 0 unspecified atom stereocenters. The molecule has 0 atom stereocenters. The molecule has 0 amide bonds. The van der Waals surface area contributed by atoms with Gasteiger partial charge in [-0.3, -0.25) is 0 Å². The molecule has 0 aromatic heterocycles. The van der Waals surface area contributed by atoms with Crippen LogP contribution in [0.1, 0.15) is 6.42 Å². The normalized spacial score (nSPS) is 11.4. The molecular formula is C27H24Cl2P2Pd. The van der Waals surface area contributed by atoms with Crippen LogP contribution in [0.3, 0.4) is 0 Å². The van der Waals surface area contributed by atoms with Gasteiger partial charge in [-0.2, -0.15) is 0 Å². The zero-order chi connectivity index (χ0) is 21.5. The molecule has 4 rings (SSSR count). The van der Waals surface area contributed by atoms with Gasteiger partial charge in [0.25, 0.3) is 0 Å². The monoisotopic (exact) mass is 586 g/mol. The minimum Gasteiger partial charge on any atom is -0.0958 e. The van der Waals surface area contributed by atoms with Gasteiger partial charge in [0.15, 0.2) is 0 Å². The van der Waals surface area contributed by atoms with Crippen LogP contribution in [0.2, 0.25) is 0 Å². The Balaban J connectivity index is 0.00000289. The fraction of sp³-hybridized carbons (Fsp3) is 0.111.